The molecule has 4 heteroatoms. The van der Waals surface area contributed by atoms with Crippen LogP contribution in [0.15, 0.2) is 30.3 Å². The number of ether oxygens (including phenoxy) is 2. The van der Waals surface area contributed by atoms with Crippen LogP contribution in [0.1, 0.15) is 24.3 Å². The Bertz CT molecular complexity index is 371. The summed E-state index contributed by atoms with van der Waals surface area (Å²) in [6, 6.07) is 9.18. The van der Waals surface area contributed by atoms with Gasteiger partial charge < -0.3 is 14.6 Å². The molecule has 0 aromatic heterocycles. The number of hydrogen-bond donors (Lipinski definition) is 1. The molecule has 0 bridgehead atoms. The molecule has 1 aromatic rings. The lowest BCUT2D eigenvalue weighted by Crippen LogP contribution is -2.21. The summed E-state index contributed by atoms with van der Waals surface area (Å²) in [6.45, 7) is 1.46. The van der Waals surface area contributed by atoms with Crippen LogP contribution in [0, 0.1) is 0 Å². The van der Waals surface area contributed by atoms with E-state index < -0.39 is 11.9 Å². The van der Waals surface area contributed by atoms with Crippen LogP contribution in [0.2, 0.25) is 0 Å². The summed E-state index contributed by atoms with van der Waals surface area (Å²) < 4.78 is 10.9. The second kappa shape index (κ2) is 6.52. The average molecular weight is 250 g/mol. The highest BCUT2D eigenvalue weighted by Crippen LogP contribution is 2.18. The van der Waals surface area contributed by atoms with Gasteiger partial charge in [0.05, 0.1) is 19.3 Å². The molecule has 1 aromatic carbocycles. The summed E-state index contributed by atoms with van der Waals surface area (Å²) >= 11 is 0. The number of carboxylic acid groups (broad SMARTS) is 1. The third kappa shape index (κ3) is 3.55. The Morgan fingerprint density at radius 2 is 2.22 bits per heavy atom. The maximum absolute atomic E-state index is 11.2. The van der Waals surface area contributed by atoms with Crippen molar-refractivity contribution < 1.29 is 19.4 Å². The van der Waals surface area contributed by atoms with Gasteiger partial charge in [0.2, 0.25) is 0 Å². The lowest BCUT2D eigenvalue weighted by molar-refractivity contribution is -0.140. The first kappa shape index (κ1) is 13.1. The topological polar surface area (TPSA) is 55.8 Å². The predicted molar refractivity (Wildman–Crippen MR) is 66.6 cm³/mol. The molecule has 1 heterocycles. The molecular formula is C14H18O4. The lowest BCUT2D eigenvalue weighted by atomic mass is 10.0. The highest BCUT2D eigenvalue weighted by atomic mass is 16.5. The van der Waals surface area contributed by atoms with Crippen molar-refractivity contribution in [3.05, 3.63) is 35.9 Å². The zero-order valence-electron chi connectivity index (χ0n) is 10.2. The Hall–Kier alpha value is -1.39. The summed E-state index contributed by atoms with van der Waals surface area (Å²) in [6.07, 6.45) is 2.20. The Morgan fingerprint density at radius 1 is 1.44 bits per heavy atom. The molecule has 0 aliphatic carbocycles. The molecule has 2 rings (SSSR count). The molecule has 1 aliphatic heterocycles. The van der Waals surface area contributed by atoms with Gasteiger partial charge in [0.25, 0.3) is 0 Å². The van der Waals surface area contributed by atoms with E-state index >= 15 is 0 Å². The highest BCUT2D eigenvalue weighted by Gasteiger charge is 2.21. The minimum atomic E-state index is -0.853. The van der Waals surface area contributed by atoms with Crippen LogP contribution in [0.5, 0.6) is 0 Å². The predicted octanol–water partition coefficient (Wildman–Crippen LogP) is 2.05. The summed E-state index contributed by atoms with van der Waals surface area (Å²) in [5.41, 5.74) is 0.775. The smallest absolute Gasteiger partial charge is 0.313 e. The van der Waals surface area contributed by atoms with Crippen LogP contribution < -0.4 is 0 Å². The molecule has 1 N–H and O–H groups in total. The van der Waals surface area contributed by atoms with Crippen molar-refractivity contribution in [2.45, 2.75) is 24.9 Å². The fourth-order valence-electron chi connectivity index (χ4n) is 2.09. The van der Waals surface area contributed by atoms with Gasteiger partial charge in [0, 0.05) is 6.61 Å². The molecule has 0 saturated carbocycles. The van der Waals surface area contributed by atoms with Crippen LogP contribution in [-0.2, 0) is 14.3 Å². The Morgan fingerprint density at radius 3 is 2.83 bits per heavy atom. The van der Waals surface area contributed by atoms with Gasteiger partial charge in [0.15, 0.2) is 0 Å². The van der Waals surface area contributed by atoms with E-state index in [2.05, 4.69) is 0 Å². The average Bonchev–Trinajstić information content (AvgIpc) is 2.88. The first-order chi connectivity index (χ1) is 8.77. The molecule has 1 aliphatic rings. The zero-order chi connectivity index (χ0) is 12.8. The fraction of sp³-hybridized carbons (Fsp3) is 0.500. The van der Waals surface area contributed by atoms with E-state index in [4.69, 9.17) is 9.47 Å². The van der Waals surface area contributed by atoms with E-state index in [-0.39, 0.29) is 12.7 Å². The van der Waals surface area contributed by atoms with Crippen LogP contribution in [-0.4, -0.2) is 37.0 Å². The minimum absolute atomic E-state index is 0.134. The SMILES string of the molecule is O=C(O)C(COCC1CCCO1)c1ccccc1. The van der Waals surface area contributed by atoms with Gasteiger partial charge in [-0.2, -0.15) is 0 Å². The number of rotatable bonds is 6. The molecule has 0 radical (unpaired) electrons. The van der Waals surface area contributed by atoms with Gasteiger partial charge in [0.1, 0.15) is 5.92 Å². The van der Waals surface area contributed by atoms with Crippen LogP contribution in [0.25, 0.3) is 0 Å². The second-order valence-corrected chi connectivity index (χ2v) is 4.47. The summed E-state index contributed by atoms with van der Waals surface area (Å²) in [4.78, 5) is 11.2. The molecule has 1 saturated heterocycles. The van der Waals surface area contributed by atoms with Crippen molar-refractivity contribution in [1.82, 2.24) is 0 Å². The highest BCUT2D eigenvalue weighted by molar-refractivity contribution is 5.76. The van der Waals surface area contributed by atoms with E-state index in [9.17, 15) is 9.90 Å². The molecular weight excluding hydrogens is 232 g/mol. The minimum Gasteiger partial charge on any atom is -0.481 e. The third-order valence-electron chi connectivity index (χ3n) is 3.11. The molecule has 98 valence electrons. The van der Waals surface area contributed by atoms with Gasteiger partial charge in [-0.05, 0) is 18.4 Å². The van der Waals surface area contributed by atoms with Crippen molar-refractivity contribution in [3.8, 4) is 0 Å². The number of aliphatic carboxylic acids is 1. The van der Waals surface area contributed by atoms with Gasteiger partial charge in [-0.15, -0.1) is 0 Å². The van der Waals surface area contributed by atoms with Gasteiger partial charge in [-0.3, -0.25) is 4.79 Å². The number of carbonyl (C=O) groups is 1. The summed E-state index contributed by atoms with van der Waals surface area (Å²) in [7, 11) is 0. The molecule has 2 unspecified atom stereocenters. The molecule has 2 atom stereocenters. The first-order valence-electron chi connectivity index (χ1n) is 6.24. The van der Waals surface area contributed by atoms with Crippen molar-refractivity contribution in [2.24, 2.45) is 0 Å². The maximum Gasteiger partial charge on any atom is 0.313 e. The van der Waals surface area contributed by atoms with Crippen molar-refractivity contribution in [3.63, 3.8) is 0 Å². The Balaban J connectivity index is 1.85. The first-order valence-corrected chi connectivity index (χ1v) is 6.24. The van der Waals surface area contributed by atoms with Crippen molar-refractivity contribution in [1.29, 1.82) is 0 Å². The van der Waals surface area contributed by atoms with Gasteiger partial charge in [-0.25, -0.2) is 0 Å². The molecule has 0 spiro atoms. The molecule has 4 nitrogen and oxygen atoms in total. The maximum atomic E-state index is 11.2. The second-order valence-electron chi connectivity index (χ2n) is 4.47. The van der Waals surface area contributed by atoms with Crippen molar-refractivity contribution in [2.75, 3.05) is 19.8 Å². The van der Waals surface area contributed by atoms with E-state index in [0.717, 1.165) is 25.0 Å². The van der Waals surface area contributed by atoms with E-state index in [1.807, 2.05) is 30.3 Å². The monoisotopic (exact) mass is 250 g/mol. The summed E-state index contributed by atoms with van der Waals surface area (Å²) in [5, 5.41) is 9.21. The quantitative estimate of drug-likeness (QED) is 0.839. The Kier molecular flexibility index (Phi) is 4.73. The van der Waals surface area contributed by atoms with Crippen LogP contribution in [0.3, 0.4) is 0 Å². The third-order valence-corrected chi connectivity index (χ3v) is 3.11. The number of benzene rings is 1. The molecule has 0 amide bonds. The largest absolute Gasteiger partial charge is 0.481 e. The van der Waals surface area contributed by atoms with Crippen molar-refractivity contribution >= 4 is 5.97 Å². The van der Waals surface area contributed by atoms with Crippen LogP contribution in [0.4, 0.5) is 0 Å². The van der Waals surface area contributed by atoms with Gasteiger partial charge >= 0.3 is 5.97 Å². The summed E-state index contributed by atoms with van der Waals surface area (Å²) in [5.74, 6) is -1.46. The Labute approximate surface area is 107 Å². The zero-order valence-corrected chi connectivity index (χ0v) is 10.2. The van der Waals surface area contributed by atoms with Gasteiger partial charge in [-0.1, -0.05) is 30.3 Å². The molecule has 18 heavy (non-hydrogen) atoms. The van der Waals surface area contributed by atoms with Crippen LogP contribution >= 0.6 is 0 Å². The van der Waals surface area contributed by atoms with E-state index in [1.165, 1.54) is 0 Å². The number of carboxylic acids is 1. The molecule has 1 fully saturated rings. The normalized spacial score (nSPS) is 20.8. The van der Waals surface area contributed by atoms with E-state index in [1.54, 1.807) is 0 Å². The fourth-order valence-corrected chi connectivity index (χ4v) is 2.09. The lowest BCUT2D eigenvalue weighted by Gasteiger charge is -2.15. The van der Waals surface area contributed by atoms with E-state index in [0.29, 0.717) is 6.61 Å². The standard InChI is InChI=1S/C14H18O4/c15-14(16)13(11-5-2-1-3-6-11)10-17-9-12-7-4-8-18-12/h1-3,5-6,12-13H,4,7-10H2,(H,15,16). The number of hydrogen-bond acceptors (Lipinski definition) is 3.